The Morgan fingerprint density at radius 2 is 0.659 bits per heavy atom. The van der Waals surface area contributed by atoms with Crippen LogP contribution in [0.15, 0.2) is 94.8 Å². The fourth-order valence-electron chi connectivity index (χ4n) is 16.3. The van der Waals surface area contributed by atoms with Gasteiger partial charge in [0.25, 0.3) is 16.7 Å². The number of phosphoric ester groups is 6. The van der Waals surface area contributed by atoms with Crippen molar-refractivity contribution in [3.8, 4) is 0 Å². The van der Waals surface area contributed by atoms with Crippen LogP contribution in [0, 0.1) is 0 Å². The van der Waals surface area contributed by atoms with Crippen LogP contribution in [0.4, 0.5) is 34.9 Å². The molecule has 0 spiro atoms. The number of aromatic amines is 3. The zero-order valence-electron chi connectivity index (χ0n) is 67.7. The number of anilines is 6. The van der Waals surface area contributed by atoms with Gasteiger partial charge in [0.15, 0.2) is 69.7 Å². The van der Waals surface area contributed by atoms with Crippen LogP contribution in [0.25, 0.3) is 55.8 Å². The fraction of sp³-hybridized carbons (Fsp3) is 0.469. The molecular weight excluding hydrogens is 1940 g/mol. The zero-order valence-corrected chi connectivity index (χ0v) is 73.1. The SMILES string of the molecule is Nc1nc2c(ncn2[C@@H]2O[C@@H]3COP(=O)(O)O[C@H]4[C@@H](O)[C@H](c5ccc6c(N)ccnn56)O[C@@H]4COP(=O)(O)O[C@@H]2[C@@H]3O)c(=O)[nH]1.Nc1nc2c(ncn2[C@@H]2O[C@@H]3COP(=O)(O)O[C@H]4[C@@H](O)[C@H](c5cnc6c(N)ccnn56)O[C@@H]4COP(=O)(O)O[C@@H]2[C@@H]3O)c(=O)[nH]1.Nc1nc2c(ncn2[C@@H]2O[C@@H]3COP(=O)(O)O[C@H]4[C@@H](O)[C@H](n5cnc6c(N)ccnc65)O[C@@H]4COP(=O)(O)O[C@@H]2[C@H]3O)c(=O)[nH]1. The van der Waals surface area contributed by atoms with Gasteiger partial charge in [-0.2, -0.15) is 25.1 Å². The van der Waals surface area contributed by atoms with E-state index in [-0.39, 0.29) is 90.9 Å². The highest BCUT2D eigenvalue weighted by molar-refractivity contribution is 7.48. The van der Waals surface area contributed by atoms with Gasteiger partial charge in [-0.15, -0.1) is 0 Å². The number of nitrogens with zero attached hydrogens (tertiary/aromatic N) is 17. The maximum absolute atomic E-state index is 13.2. The maximum atomic E-state index is 13.2. The molecule has 6 unspecified atom stereocenters. The Morgan fingerprint density at radius 3 is 1.07 bits per heavy atom. The normalized spacial score (nSPS) is 37.7. The minimum Gasteiger partial charge on any atom is -0.397 e. The predicted octanol–water partition coefficient (Wildman–Crippen LogP) is -4.92. The molecule has 9 fully saturated rings. The molecule has 27 N–H and O–H groups in total. The Hall–Kier alpha value is -10.0. The molecule has 0 amide bonds. The number of aliphatic hydroxyl groups excluding tert-OH is 6. The van der Waals surface area contributed by atoms with Crippen molar-refractivity contribution in [2.45, 2.75) is 147 Å². The maximum Gasteiger partial charge on any atom is 0.472 e. The number of phosphoric acid groups is 6. The van der Waals surface area contributed by atoms with Gasteiger partial charge in [0.1, 0.15) is 128 Å². The molecule has 9 saturated heterocycles. The average Bonchev–Trinajstić information content (AvgIpc) is 1.63. The lowest BCUT2D eigenvalue weighted by Crippen LogP contribution is -2.36. The second-order valence-corrected chi connectivity index (χ2v) is 39.4. The molecule has 6 bridgehead atoms. The summed E-state index contributed by atoms with van der Waals surface area (Å²) in [4.78, 5) is 144. The molecule has 12 aromatic heterocycles. The molecule has 9 aliphatic rings. The minimum atomic E-state index is -5.11. The van der Waals surface area contributed by atoms with Gasteiger partial charge in [-0.1, -0.05) is 0 Å². The lowest BCUT2D eigenvalue weighted by molar-refractivity contribution is -0.0672. The molecule has 12 aromatic rings. The Balaban J connectivity index is 0.000000130. The summed E-state index contributed by atoms with van der Waals surface area (Å²) in [7, 11) is -30.4. The summed E-state index contributed by atoms with van der Waals surface area (Å²) < 4.78 is 184. The van der Waals surface area contributed by atoms with Crippen LogP contribution in [-0.4, -0.2) is 307 Å². The van der Waals surface area contributed by atoms with Crippen molar-refractivity contribution in [2.24, 2.45) is 0 Å². The highest BCUT2D eigenvalue weighted by atomic mass is 31.2. The standard InChI is InChI=1S/C22H26N8O13P2.2C21H25N9O13P2/c23-8-3-4-26-30-9(8)1-2-10(30)16-15(32)17-12(40-16)6-39-45(36,37)43-18-14(31)11(5-38-44(34,35)42-17)41-21(18)29-7-25-13-19(29)27-22(24)28-20(13)33;22-7-1-2-24-16-10(7)25-5-29(16)19-13(32)14-9(41-19)4-39-45(36,37)43-15-12(31)8(3-38-44(34,35)42-14)40-20(15)30-6-26-11-17(30)27-21(23)28-18(11)33;22-7-1-2-26-30-8(3-24-17(7)30)14-13(32)15-10(40-14)5-39-45(36,37)43-16-12(31)9(4-38-44(34,35)42-15)41-20(16)29-6-25-11-18(29)27-21(23)28-19(11)33/h1-4,7,11-12,14-18,21,31-32H,5-6,23H2,(H,34,35)(H,36,37)(H3,24,27,28,33);1-2,5-6,8-9,12-15,19-20,31-32H,3-4H2,(H2,22,24)(H,34,35)(H,36,37)(H3,23,27,28,33);1-3,6,9-10,12-16,20,31-32H,4-5,22H2,(H,34,35)(H,36,37)(H3,23,27,28,33)/t11-,12-,14-,15+,16+,17-,18-,21-;8-,9-,12+,13-,14-,15-,19-,20-;9-,10-,12-,13+,14+,15-,16-,20-/m111/s1. The summed E-state index contributed by atoms with van der Waals surface area (Å²) in [6.07, 6.45) is -27.3. The zero-order chi connectivity index (χ0) is 95.5. The molecule has 726 valence electrons. The van der Waals surface area contributed by atoms with Gasteiger partial charge >= 0.3 is 46.9 Å². The number of imidazole rings is 5. The Kier molecular flexibility index (Phi) is 24.7. The monoisotopic (exact) mass is 2020 g/mol. The number of aliphatic hydroxyl groups is 6. The summed E-state index contributed by atoms with van der Waals surface area (Å²) in [5.41, 5.74) is 34.5. The number of fused-ring (bicyclic) bond motifs is 15. The number of H-pyrrole nitrogens is 3. The van der Waals surface area contributed by atoms with Crippen molar-refractivity contribution in [3.05, 3.63) is 123 Å². The quantitative estimate of drug-likeness (QED) is 0.0694. The minimum absolute atomic E-state index is 0.119. The number of rotatable bonds is 6. The summed E-state index contributed by atoms with van der Waals surface area (Å²) in [5, 5.41) is 74.8. The van der Waals surface area contributed by atoms with E-state index in [2.05, 4.69) is 70.0 Å². The average molecular weight is 2020 g/mol. The topological polar surface area (TPSA) is 936 Å². The second-order valence-electron chi connectivity index (χ2n) is 31.0. The fourth-order valence-corrected chi connectivity index (χ4v) is 22.0. The van der Waals surface area contributed by atoms with E-state index in [0.717, 1.165) is 32.7 Å². The van der Waals surface area contributed by atoms with Crippen LogP contribution < -0.4 is 51.1 Å². The summed E-state index contributed by atoms with van der Waals surface area (Å²) in [5.74, 6) is -0.839. The Morgan fingerprint density at radius 1 is 0.326 bits per heavy atom. The molecule has 65 nitrogen and oxygen atoms in total. The highest BCUT2D eigenvalue weighted by Gasteiger charge is 2.59. The molecule has 0 radical (unpaired) electrons. The number of nitrogens with one attached hydrogen (secondary N) is 3. The summed E-state index contributed by atoms with van der Waals surface area (Å²) in [6.45, 7) is -4.86. The van der Waals surface area contributed by atoms with Crippen LogP contribution in [0.5, 0.6) is 0 Å². The number of ether oxygens (including phenoxy) is 6. The molecule has 135 heavy (non-hydrogen) atoms. The second kappa shape index (κ2) is 35.4. The molecule has 9 aliphatic heterocycles. The number of nitrogen functional groups attached to an aromatic ring is 6. The van der Waals surface area contributed by atoms with Gasteiger partial charge < -0.3 is 123 Å². The van der Waals surface area contributed by atoms with E-state index in [1.54, 1.807) is 18.2 Å². The van der Waals surface area contributed by atoms with Crippen molar-refractivity contribution >= 4 is 138 Å². The summed E-state index contributed by atoms with van der Waals surface area (Å²) >= 11 is 0. The molecule has 0 aliphatic carbocycles. The van der Waals surface area contributed by atoms with Crippen LogP contribution in [0.2, 0.25) is 0 Å². The van der Waals surface area contributed by atoms with E-state index >= 15 is 0 Å². The van der Waals surface area contributed by atoms with E-state index < -0.39 is 250 Å². The lowest BCUT2D eigenvalue weighted by atomic mass is 10.1. The first-order valence-corrected chi connectivity index (χ1v) is 48.4. The van der Waals surface area contributed by atoms with E-state index in [1.165, 1.54) is 56.8 Å². The first-order chi connectivity index (χ1) is 63.9. The third kappa shape index (κ3) is 18.0. The van der Waals surface area contributed by atoms with Gasteiger partial charge in [-0.05, 0) is 30.3 Å². The van der Waals surface area contributed by atoms with E-state index in [9.17, 15) is 102 Å². The van der Waals surface area contributed by atoms with Crippen LogP contribution in [0.1, 0.15) is 48.5 Å². The number of aromatic nitrogens is 20. The van der Waals surface area contributed by atoms with Crippen LogP contribution >= 0.6 is 46.9 Å². The van der Waals surface area contributed by atoms with Crippen molar-refractivity contribution in [3.63, 3.8) is 0 Å². The van der Waals surface area contributed by atoms with Crippen molar-refractivity contribution in [1.29, 1.82) is 0 Å². The van der Waals surface area contributed by atoms with E-state index in [0.29, 0.717) is 11.2 Å². The summed E-state index contributed by atoms with van der Waals surface area (Å²) in [6, 6.07) is 7.76. The molecule has 0 saturated carbocycles. The van der Waals surface area contributed by atoms with Gasteiger partial charge in [0, 0.05) is 12.4 Å². The first-order valence-electron chi connectivity index (χ1n) is 39.5. The molecule has 30 atom stereocenters. The third-order valence-electron chi connectivity index (χ3n) is 22.5. The van der Waals surface area contributed by atoms with Crippen LogP contribution in [-0.2, 0) is 110 Å². The Labute approximate surface area is 746 Å². The van der Waals surface area contributed by atoms with Gasteiger partial charge in [0.2, 0.25) is 17.8 Å². The lowest BCUT2D eigenvalue weighted by Gasteiger charge is -2.25. The number of hydrogen-bond donors (Lipinski definition) is 21. The number of pyridine rings is 1. The van der Waals surface area contributed by atoms with Gasteiger partial charge in [-0.25, -0.2) is 66.3 Å². The third-order valence-corrected chi connectivity index (χ3v) is 28.4. The van der Waals surface area contributed by atoms with Crippen LogP contribution in [0.3, 0.4) is 0 Å². The largest absolute Gasteiger partial charge is 0.472 e. The molecule has 71 heteroatoms. The van der Waals surface area contributed by atoms with Gasteiger partial charge in [-0.3, -0.25) is 102 Å². The molecular formula is C64H76N26O39P6. The Bertz CT molecular complexity index is 6450. The molecule has 0 aromatic carbocycles. The van der Waals surface area contributed by atoms with Gasteiger partial charge in [0.05, 0.1) is 111 Å². The molecule has 21 rings (SSSR count). The number of hydrogen-bond acceptors (Lipinski definition) is 50. The smallest absolute Gasteiger partial charge is 0.397 e. The number of nitrogens with two attached hydrogens (primary N) is 6. The van der Waals surface area contributed by atoms with Crippen molar-refractivity contribution in [1.82, 2.24) is 97.3 Å². The predicted molar refractivity (Wildman–Crippen MR) is 437 cm³/mol. The first kappa shape index (κ1) is 94.0. The highest BCUT2D eigenvalue weighted by Crippen LogP contribution is 2.59. The van der Waals surface area contributed by atoms with E-state index in [4.69, 9.17) is 117 Å². The van der Waals surface area contributed by atoms with Crippen molar-refractivity contribution in [2.75, 3.05) is 74.0 Å². The van der Waals surface area contributed by atoms with E-state index in [1.807, 2.05) is 0 Å². The molecule has 21 heterocycles. The van der Waals surface area contributed by atoms with Crippen molar-refractivity contribution < 1.29 is 170 Å².